The van der Waals surface area contributed by atoms with E-state index in [0.717, 1.165) is 0 Å². The topological polar surface area (TPSA) is 136 Å². The highest BCUT2D eigenvalue weighted by atomic mass is 16.6. The summed E-state index contributed by atoms with van der Waals surface area (Å²) in [5, 5.41) is 43.5. The largest absolute Gasteiger partial charge is 0.632 e. The molecule has 3 N–H and O–H groups in total. The first kappa shape index (κ1) is 23.5. The van der Waals surface area contributed by atoms with Crippen LogP contribution in [0.25, 0.3) is 0 Å². The molecule has 0 amide bonds. The number of quaternary nitrogens is 1. The predicted octanol–water partition coefficient (Wildman–Crippen LogP) is 0.317. The number of fused-ring (bicyclic) bond motifs is 1. The maximum absolute atomic E-state index is 13.0. The number of carbonyl (C=O) groups is 2. The van der Waals surface area contributed by atoms with Crippen LogP contribution in [0.4, 0.5) is 0 Å². The fraction of sp³-hybridized carbons (Fsp3) is 0.700. The Kier molecular flexibility index (Phi) is 6.61. The van der Waals surface area contributed by atoms with Crippen LogP contribution in [0.5, 0.6) is 0 Å². The van der Waals surface area contributed by atoms with Crippen molar-refractivity contribution in [3.8, 4) is 0 Å². The van der Waals surface area contributed by atoms with Gasteiger partial charge in [0.15, 0.2) is 12.1 Å². The van der Waals surface area contributed by atoms with Crippen molar-refractivity contribution >= 4 is 11.9 Å². The molecule has 1 saturated heterocycles. The van der Waals surface area contributed by atoms with E-state index in [2.05, 4.69) is 0 Å². The maximum Gasteiger partial charge on any atom is 0.344 e. The first-order valence-electron chi connectivity index (χ1n) is 9.68. The van der Waals surface area contributed by atoms with Gasteiger partial charge in [-0.05, 0) is 40.7 Å². The molecule has 9 heteroatoms. The fourth-order valence-corrected chi connectivity index (χ4v) is 3.89. The minimum absolute atomic E-state index is 0.167. The van der Waals surface area contributed by atoms with Gasteiger partial charge in [0.25, 0.3) is 0 Å². The number of hydrogen-bond donors (Lipinski definition) is 3. The second-order valence-electron chi connectivity index (χ2n) is 8.36. The zero-order valence-electron chi connectivity index (χ0n) is 17.5. The summed E-state index contributed by atoms with van der Waals surface area (Å²) in [6.45, 7) is 7.00. The molecule has 2 heterocycles. The van der Waals surface area contributed by atoms with E-state index in [1.165, 1.54) is 20.8 Å². The van der Waals surface area contributed by atoms with Crippen molar-refractivity contribution < 1.29 is 39.0 Å². The second-order valence-corrected chi connectivity index (χ2v) is 8.36. The third kappa shape index (κ3) is 4.24. The zero-order valence-corrected chi connectivity index (χ0v) is 17.5. The molecule has 2 aliphatic heterocycles. The van der Waals surface area contributed by atoms with Gasteiger partial charge in [-0.3, -0.25) is 0 Å². The molecular formula is C20H31NO8. The number of hydrogen-bond acceptors (Lipinski definition) is 8. The number of rotatable bonds is 7. The van der Waals surface area contributed by atoms with Crippen LogP contribution in [0.3, 0.4) is 0 Å². The number of esters is 2. The van der Waals surface area contributed by atoms with Gasteiger partial charge in [-0.25, -0.2) is 9.59 Å². The standard InChI is InChI=1S/C20H31NO8/c1-6-12(2)17(23)29-15-8-10-21(27)9-7-14(16(15)21)11-28-18(24)20(26,13(3)22)19(4,5)25/h6-7,13,15-16,22,25-26H,8-11H2,1-5H3/b12-6-/t13-,15+,16+,20-,21-/m0/s1. The van der Waals surface area contributed by atoms with Gasteiger partial charge in [-0.1, -0.05) is 6.08 Å². The summed E-state index contributed by atoms with van der Waals surface area (Å²) in [6.07, 6.45) is 1.43. The van der Waals surface area contributed by atoms with Crippen molar-refractivity contribution in [3.05, 3.63) is 28.5 Å². The first-order valence-corrected chi connectivity index (χ1v) is 9.68. The smallest absolute Gasteiger partial charge is 0.344 e. The molecular weight excluding hydrogens is 382 g/mol. The Morgan fingerprint density at radius 3 is 2.55 bits per heavy atom. The van der Waals surface area contributed by atoms with E-state index in [-0.39, 0.29) is 19.7 Å². The number of nitrogens with zero attached hydrogens (tertiary/aromatic N) is 1. The lowest BCUT2D eigenvalue weighted by Gasteiger charge is -2.41. The molecule has 0 aromatic rings. The van der Waals surface area contributed by atoms with Crippen LogP contribution >= 0.6 is 0 Å². The van der Waals surface area contributed by atoms with Crippen LogP contribution in [0.1, 0.15) is 41.0 Å². The number of allylic oxidation sites excluding steroid dienone is 1. The molecule has 0 aromatic heterocycles. The Morgan fingerprint density at radius 2 is 2.03 bits per heavy atom. The van der Waals surface area contributed by atoms with Gasteiger partial charge in [-0.15, -0.1) is 0 Å². The predicted molar refractivity (Wildman–Crippen MR) is 103 cm³/mol. The van der Waals surface area contributed by atoms with E-state index in [0.29, 0.717) is 17.6 Å². The summed E-state index contributed by atoms with van der Waals surface area (Å²) >= 11 is 0. The van der Waals surface area contributed by atoms with E-state index in [4.69, 9.17) is 9.47 Å². The molecule has 2 rings (SSSR count). The van der Waals surface area contributed by atoms with E-state index in [9.17, 15) is 30.1 Å². The number of ether oxygens (including phenoxy) is 2. The number of aliphatic hydroxyl groups excluding tert-OH is 1. The Labute approximate surface area is 170 Å². The molecule has 1 fully saturated rings. The molecule has 5 atom stereocenters. The van der Waals surface area contributed by atoms with Gasteiger partial charge in [0, 0.05) is 17.6 Å². The molecule has 0 aromatic carbocycles. The van der Waals surface area contributed by atoms with Gasteiger partial charge in [0.1, 0.15) is 12.2 Å². The van der Waals surface area contributed by atoms with Crippen LogP contribution in [0, 0.1) is 5.21 Å². The fourth-order valence-electron chi connectivity index (χ4n) is 3.89. The minimum Gasteiger partial charge on any atom is -0.632 e. The van der Waals surface area contributed by atoms with Gasteiger partial charge in [-0.2, -0.15) is 0 Å². The highest BCUT2D eigenvalue weighted by Crippen LogP contribution is 2.38. The van der Waals surface area contributed by atoms with Gasteiger partial charge >= 0.3 is 11.9 Å². The number of hydroxylamine groups is 3. The SMILES string of the molecule is C/C=C(/C)C(=O)O[C@@H]1CC[N@@+]2([O-])CC=C(COC(=O)[C@@](O)([C@H](C)O)C(C)(C)O)[C@H]12. The molecule has 9 nitrogen and oxygen atoms in total. The van der Waals surface area contributed by atoms with Gasteiger partial charge in [0.2, 0.25) is 5.60 Å². The molecule has 0 radical (unpaired) electrons. The molecule has 0 spiro atoms. The van der Waals surface area contributed by atoms with Crippen molar-refractivity contribution in [2.24, 2.45) is 0 Å². The highest BCUT2D eigenvalue weighted by molar-refractivity contribution is 5.87. The zero-order chi connectivity index (χ0) is 22.2. The van der Waals surface area contributed by atoms with Crippen molar-refractivity contribution in [1.29, 1.82) is 0 Å². The molecule has 0 unspecified atom stereocenters. The average molecular weight is 413 g/mol. The van der Waals surface area contributed by atoms with E-state index in [1.807, 2.05) is 0 Å². The van der Waals surface area contributed by atoms with Crippen molar-refractivity contribution in [1.82, 2.24) is 0 Å². The van der Waals surface area contributed by atoms with Gasteiger partial charge in [0.05, 0.1) is 19.2 Å². The van der Waals surface area contributed by atoms with Crippen molar-refractivity contribution in [2.45, 2.75) is 70.5 Å². The average Bonchev–Trinajstić information content (AvgIpc) is 3.12. The third-order valence-corrected chi connectivity index (χ3v) is 5.93. The summed E-state index contributed by atoms with van der Waals surface area (Å²) < 4.78 is 10.1. The van der Waals surface area contributed by atoms with Crippen LogP contribution in [-0.2, 0) is 19.1 Å². The Balaban J connectivity index is 2.13. The lowest BCUT2D eigenvalue weighted by Crippen LogP contribution is -2.63. The molecule has 0 bridgehead atoms. The Morgan fingerprint density at radius 1 is 1.41 bits per heavy atom. The number of aliphatic hydroxyl groups is 3. The summed E-state index contributed by atoms with van der Waals surface area (Å²) in [5.41, 5.74) is -3.58. The van der Waals surface area contributed by atoms with Gasteiger partial charge < -0.3 is 34.6 Å². The summed E-state index contributed by atoms with van der Waals surface area (Å²) in [4.78, 5) is 24.6. The molecule has 2 aliphatic rings. The molecule has 164 valence electrons. The molecule has 0 aliphatic carbocycles. The quantitative estimate of drug-likeness (QED) is 0.178. The lowest BCUT2D eigenvalue weighted by atomic mass is 9.81. The van der Waals surface area contributed by atoms with Crippen molar-refractivity contribution in [3.63, 3.8) is 0 Å². The number of carbonyl (C=O) groups excluding carboxylic acids is 2. The highest BCUT2D eigenvalue weighted by Gasteiger charge is 2.55. The first-order chi connectivity index (χ1) is 13.3. The van der Waals surface area contributed by atoms with Crippen LogP contribution in [0.2, 0.25) is 0 Å². The molecule has 0 saturated carbocycles. The van der Waals surface area contributed by atoms with Crippen LogP contribution < -0.4 is 0 Å². The Bertz CT molecular complexity index is 722. The maximum atomic E-state index is 13.0. The van der Waals surface area contributed by atoms with Crippen LogP contribution in [-0.4, -0.2) is 81.1 Å². The Hall–Kier alpha value is -1.78. The summed E-state index contributed by atoms with van der Waals surface area (Å²) in [5.74, 6) is -1.70. The third-order valence-electron chi connectivity index (χ3n) is 5.93. The summed E-state index contributed by atoms with van der Waals surface area (Å²) in [6, 6.07) is -0.696. The lowest BCUT2D eigenvalue weighted by molar-refractivity contribution is -0.877. The van der Waals surface area contributed by atoms with Crippen LogP contribution in [0.15, 0.2) is 23.3 Å². The van der Waals surface area contributed by atoms with E-state index >= 15 is 0 Å². The van der Waals surface area contributed by atoms with Crippen molar-refractivity contribution in [2.75, 3.05) is 19.7 Å². The minimum atomic E-state index is -2.54. The van der Waals surface area contributed by atoms with E-state index in [1.54, 1.807) is 26.0 Å². The molecule has 29 heavy (non-hydrogen) atoms. The second kappa shape index (κ2) is 8.16. The van der Waals surface area contributed by atoms with E-state index < -0.39 is 46.0 Å². The monoisotopic (exact) mass is 413 g/mol. The summed E-state index contributed by atoms with van der Waals surface area (Å²) in [7, 11) is 0. The normalized spacial score (nSPS) is 30.2.